The number of benzene rings is 1. The molecule has 3 aromatic rings. The Hall–Kier alpha value is -4.31. The maximum absolute atomic E-state index is 13.3. The minimum atomic E-state index is -1.01. The first-order chi connectivity index (χ1) is 17.3. The van der Waals surface area contributed by atoms with Gasteiger partial charge in [-0.3, -0.25) is 19.5 Å². The number of ether oxygens (including phenoxy) is 2. The Bertz CT molecular complexity index is 1400. The fourth-order valence-corrected chi connectivity index (χ4v) is 4.93. The Kier molecular flexibility index (Phi) is 6.98. The van der Waals surface area contributed by atoms with Gasteiger partial charge in [-0.05, 0) is 49.2 Å². The highest BCUT2D eigenvalue weighted by Crippen LogP contribution is 2.44. The van der Waals surface area contributed by atoms with Gasteiger partial charge in [-0.1, -0.05) is 30.1 Å². The van der Waals surface area contributed by atoms with Crippen molar-refractivity contribution in [2.24, 2.45) is 0 Å². The summed E-state index contributed by atoms with van der Waals surface area (Å²) < 4.78 is 10.4. The van der Waals surface area contributed by atoms with Gasteiger partial charge in [0.15, 0.2) is 5.13 Å². The van der Waals surface area contributed by atoms with Crippen molar-refractivity contribution < 1.29 is 29.0 Å². The average molecular weight is 506 g/mol. The predicted octanol–water partition coefficient (Wildman–Crippen LogP) is 4.13. The van der Waals surface area contributed by atoms with Crippen molar-refractivity contribution in [1.82, 2.24) is 9.97 Å². The monoisotopic (exact) mass is 505 g/mol. The minimum Gasteiger partial charge on any atom is -0.507 e. The van der Waals surface area contributed by atoms with Crippen LogP contribution in [0.15, 0.2) is 61.0 Å². The molecule has 4 rings (SSSR count). The zero-order valence-corrected chi connectivity index (χ0v) is 20.7. The molecule has 1 unspecified atom stereocenters. The van der Waals surface area contributed by atoms with Crippen molar-refractivity contribution in [1.29, 1.82) is 0 Å². The van der Waals surface area contributed by atoms with E-state index in [-0.39, 0.29) is 27.9 Å². The summed E-state index contributed by atoms with van der Waals surface area (Å²) in [4.78, 5) is 48.9. The van der Waals surface area contributed by atoms with Crippen molar-refractivity contribution in [3.05, 3.63) is 88.2 Å². The van der Waals surface area contributed by atoms with Crippen LogP contribution in [0, 0.1) is 13.8 Å². The van der Waals surface area contributed by atoms with Crippen molar-refractivity contribution in [3.8, 4) is 5.75 Å². The summed E-state index contributed by atoms with van der Waals surface area (Å²) in [5.41, 5.74) is 1.83. The van der Waals surface area contributed by atoms with Crippen molar-refractivity contribution in [3.63, 3.8) is 0 Å². The molecule has 1 aliphatic rings. The summed E-state index contributed by atoms with van der Waals surface area (Å²) in [5, 5.41) is 11.4. The molecule has 1 atom stereocenters. The van der Waals surface area contributed by atoms with E-state index in [2.05, 4.69) is 16.5 Å². The van der Waals surface area contributed by atoms with Gasteiger partial charge in [0.05, 0.1) is 24.4 Å². The number of aliphatic hydroxyl groups excluding tert-OH is 1. The molecule has 1 fully saturated rings. The lowest BCUT2D eigenvalue weighted by Gasteiger charge is -2.22. The summed E-state index contributed by atoms with van der Waals surface area (Å²) in [7, 11) is 1.53. The lowest BCUT2D eigenvalue weighted by Crippen LogP contribution is -2.29. The number of amides is 1. The van der Waals surface area contributed by atoms with E-state index in [1.165, 1.54) is 24.3 Å². The SMILES string of the molecule is C=CCOC(=O)c1sc(N2C(=O)C(=O)/C(=C(\O)c3ccc(OC)c(C)c3)C2c2cccnc2)nc1C. The molecule has 1 aromatic carbocycles. The molecule has 10 heteroatoms. The molecule has 1 N–H and O–H groups in total. The number of aryl methyl sites for hydroxylation is 2. The lowest BCUT2D eigenvalue weighted by molar-refractivity contribution is -0.132. The number of hydrogen-bond donors (Lipinski definition) is 1. The Morgan fingerprint density at radius 3 is 2.69 bits per heavy atom. The second kappa shape index (κ2) is 10.1. The first kappa shape index (κ1) is 24.8. The number of thiazole rings is 1. The van der Waals surface area contributed by atoms with Crippen LogP contribution in [0.3, 0.4) is 0 Å². The fourth-order valence-electron chi connectivity index (χ4n) is 3.94. The molecular weight excluding hydrogens is 482 g/mol. The molecule has 0 spiro atoms. The molecule has 9 nitrogen and oxygen atoms in total. The Balaban J connectivity index is 1.87. The molecule has 1 saturated heterocycles. The van der Waals surface area contributed by atoms with E-state index in [0.29, 0.717) is 22.6 Å². The molecule has 2 aromatic heterocycles. The van der Waals surface area contributed by atoms with Crippen LogP contribution >= 0.6 is 11.3 Å². The van der Waals surface area contributed by atoms with Gasteiger partial charge < -0.3 is 14.6 Å². The first-order valence-electron chi connectivity index (χ1n) is 10.9. The number of methoxy groups -OCH3 is 1. The van der Waals surface area contributed by atoms with Crippen molar-refractivity contribution in [2.45, 2.75) is 19.9 Å². The van der Waals surface area contributed by atoms with E-state index in [0.717, 1.165) is 16.9 Å². The number of Topliss-reactive ketones (excluding diaryl/α,β-unsaturated/α-hetero) is 1. The largest absolute Gasteiger partial charge is 0.507 e. The third-order valence-corrected chi connectivity index (χ3v) is 6.76. The van der Waals surface area contributed by atoms with Gasteiger partial charge >= 0.3 is 11.9 Å². The minimum absolute atomic E-state index is 0.0208. The topological polar surface area (TPSA) is 119 Å². The quantitative estimate of drug-likeness (QED) is 0.167. The van der Waals surface area contributed by atoms with Gasteiger partial charge in [0, 0.05) is 18.0 Å². The van der Waals surface area contributed by atoms with E-state index in [1.807, 2.05) is 0 Å². The molecule has 1 aliphatic heterocycles. The van der Waals surface area contributed by atoms with Gasteiger partial charge in [-0.25, -0.2) is 9.78 Å². The summed E-state index contributed by atoms with van der Waals surface area (Å²) in [6.45, 7) is 6.96. The van der Waals surface area contributed by atoms with E-state index in [4.69, 9.17) is 9.47 Å². The maximum Gasteiger partial charge on any atom is 0.350 e. The molecule has 0 bridgehead atoms. The normalized spacial score (nSPS) is 16.8. The van der Waals surface area contributed by atoms with Crippen LogP contribution in [-0.2, 0) is 14.3 Å². The van der Waals surface area contributed by atoms with Crippen LogP contribution in [-0.4, -0.2) is 46.5 Å². The van der Waals surface area contributed by atoms with Crippen LogP contribution < -0.4 is 9.64 Å². The number of rotatable bonds is 7. The summed E-state index contributed by atoms with van der Waals surface area (Å²) in [6.07, 6.45) is 4.51. The summed E-state index contributed by atoms with van der Waals surface area (Å²) in [6, 6.07) is 7.30. The summed E-state index contributed by atoms with van der Waals surface area (Å²) >= 11 is 0.928. The Labute approximate surface area is 211 Å². The smallest absolute Gasteiger partial charge is 0.350 e. The number of carbonyl (C=O) groups is 3. The number of pyridine rings is 1. The highest BCUT2D eigenvalue weighted by atomic mass is 32.1. The van der Waals surface area contributed by atoms with Crippen LogP contribution in [0.2, 0.25) is 0 Å². The van der Waals surface area contributed by atoms with E-state index < -0.39 is 23.7 Å². The number of nitrogens with zero attached hydrogens (tertiary/aromatic N) is 3. The predicted molar refractivity (Wildman–Crippen MR) is 134 cm³/mol. The van der Waals surface area contributed by atoms with E-state index >= 15 is 0 Å². The number of anilines is 1. The van der Waals surface area contributed by atoms with E-state index in [1.54, 1.807) is 50.4 Å². The number of hydrogen-bond acceptors (Lipinski definition) is 9. The zero-order valence-electron chi connectivity index (χ0n) is 19.8. The maximum atomic E-state index is 13.3. The standard InChI is InChI=1S/C26H23N3O6S/c1-5-11-35-25(33)23-15(3)28-26(36-23)29-20(17-7-6-10-27-13-17)19(22(31)24(29)32)21(30)16-8-9-18(34-4)14(2)12-16/h5-10,12-13,20,30H,1,11H2,2-4H3/b21-19-. The van der Waals surface area contributed by atoms with Crippen LogP contribution in [0.4, 0.5) is 5.13 Å². The van der Waals surface area contributed by atoms with Gasteiger partial charge in [-0.2, -0.15) is 0 Å². The molecule has 184 valence electrons. The third-order valence-electron chi connectivity index (χ3n) is 5.62. The highest BCUT2D eigenvalue weighted by molar-refractivity contribution is 7.17. The summed E-state index contributed by atoms with van der Waals surface area (Å²) in [5.74, 6) is -2.09. The Morgan fingerprint density at radius 2 is 2.06 bits per heavy atom. The van der Waals surface area contributed by atoms with Gasteiger partial charge in [0.2, 0.25) is 0 Å². The number of esters is 1. The molecule has 0 saturated carbocycles. The van der Waals surface area contributed by atoms with Gasteiger partial charge in [0.1, 0.15) is 23.0 Å². The third kappa shape index (κ3) is 4.38. The Morgan fingerprint density at radius 1 is 1.28 bits per heavy atom. The second-order valence-electron chi connectivity index (χ2n) is 7.94. The van der Waals surface area contributed by atoms with Crippen molar-refractivity contribution >= 4 is 39.9 Å². The number of ketones is 1. The van der Waals surface area contributed by atoms with Gasteiger partial charge in [0.25, 0.3) is 5.78 Å². The molecule has 1 amide bonds. The molecule has 0 radical (unpaired) electrons. The van der Waals surface area contributed by atoms with Crippen LogP contribution in [0.5, 0.6) is 5.75 Å². The molecule has 36 heavy (non-hydrogen) atoms. The first-order valence-corrected chi connectivity index (χ1v) is 11.7. The number of carbonyl (C=O) groups excluding carboxylic acids is 3. The number of aromatic nitrogens is 2. The fraction of sp³-hybridized carbons (Fsp3) is 0.192. The number of aliphatic hydroxyl groups is 1. The van der Waals surface area contributed by atoms with Crippen LogP contribution in [0.1, 0.15) is 38.1 Å². The average Bonchev–Trinajstić information content (AvgIpc) is 3.39. The second-order valence-corrected chi connectivity index (χ2v) is 8.92. The van der Waals surface area contributed by atoms with Crippen molar-refractivity contribution in [2.75, 3.05) is 18.6 Å². The van der Waals surface area contributed by atoms with E-state index in [9.17, 15) is 19.5 Å². The molecule has 0 aliphatic carbocycles. The lowest BCUT2D eigenvalue weighted by atomic mass is 9.96. The van der Waals surface area contributed by atoms with Gasteiger partial charge in [-0.15, -0.1) is 0 Å². The zero-order chi connectivity index (χ0) is 26.0. The molecule has 3 heterocycles. The highest BCUT2D eigenvalue weighted by Gasteiger charge is 2.48. The molecular formula is C26H23N3O6S. The van der Waals surface area contributed by atoms with Crippen LogP contribution in [0.25, 0.3) is 5.76 Å².